The highest BCUT2D eigenvalue weighted by Crippen LogP contribution is 2.18. The van der Waals surface area contributed by atoms with Crippen LogP contribution in [0.3, 0.4) is 0 Å². The lowest BCUT2D eigenvalue weighted by molar-refractivity contribution is 0.00314. The third-order valence-electron chi connectivity index (χ3n) is 1.84. The molecule has 0 amide bonds. The van der Waals surface area contributed by atoms with Crippen LogP contribution >= 0.6 is 0 Å². The minimum atomic E-state index is -0.483. The number of nitrogens with one attached hydrogen (secondary N) is 1. The maximum absolute atomic E-state index is 5.52. The van der Waals surface area contributed by atoms with Gasteiger partial charge in [-0.3, -0.25) is 0 Å². The number of rotatable bonds is 3. The van der Waals surface area contributed by atoms with Gasteiger partial charge in [-0.05, 0) is 6.92 Å². The maximum atomic E-state index is 5.52. The lowest BCUT2D eigenvalue weighted by atomic mass is 10.1. The Morgan fingerprint density at radius 2 is 2.55 bits per heavy atom. The fourth-order valence-corrected chi connectivity index (χ4v) is 0.831. The highest BCUT2D eigenvalue weighted by molar-refractivity contribution is 5.01. The van der Waals surface area contributed by atoms with Crippen LogP contribution < -0.4 is 5.73 Å². The summed E-state index contributed by atoms with van der Waals surface area (Å²) in [4.78, 5) is 7.03. The zero-order chi connectivity index (χ0) is 8.32. The fraction of sp³-hybridized carbons (Fsp3) is 0.571. The number of methoxy groups -OCH3 is 1. The van der Waals surface area contributed by atoms with Crippen LogP contribution in [0.25, 0.3) is 0 Å². The third-order valence-corrected chi connectivity index (χ3v) is 1.84. The van der Waals surface area contributed by atoms with Crippen molar-refractivity contribution in [1.29, 1.82) is 0 Å². The Kier molecular flexibility index (Phi) is 2.26. The summed E-state index contributed by atoms with van der Waals surface area (Å²) in [6.45, 7) is 2.31. The molecule has 11 heavy (non-hydrogen) atoms. The van der Waals surface area contributed by atoms with E-state index in [1.807, 2.05) is 6.92 Å². The van der Waals surface area contributed by atoms with E-state index in [1.165, 1.54) is 0 Å². The predicted molar refractivity (Wildman–Crippen MR) is 42.0 cm³/mol. The van der Waals surface area contributed by atoms with Crippen LogP contribution in [0.4, 0.5) is 0 Å². The van der Waals surface area contributed by atoms with Gasteiger partial charge in [-0.15, -0.1) is 0 Å². The van der Waals surface area contributed by atoms with Gasteiger partial charge >= 0.3 is 0 Å². The minimum Gasteiger partial charge on any atom is -0.369 e. The van der Waals surface area contributed by atoms with Crippen LogP contribution in [-0.4, -0.2) is 23.6 Å². The van der Waals surface area contributed by atoms with Gasteiger partial charge in [0.1, 0.15) is 11.4 Å². The Labute approximate surface area is 65.8 Å². The summed E-state index contributed by atoms with van der Waals surface area (Å²) < 4.78 is 5.21. The van der Waals surface area contributed by atoms with E-state index >= 15 is 0 Å². The van der Waals surface area contributed by atoms with Gasteiger partial charge in [-0.1, -0.05) is 0 Å². The summed E-state index contributed by atoms with van der Waals surface area (Å²) in [6, 6.07) is 0. The molecule has 0 aliphatic rings. The lowest BCUT2D eigenvalue weighted by Gasteiger charge is -2.23. The molecule has 1 unspecified atom stereocenters. The molecule has 0 bridgehead atoms. The monoisotopic (exact) mass is 155 g/mol. The van der Waals surface area contributed by atoms with Gasteiger partial charge in [0, 0.05) is 26.0 Å². The predicted octanol–water partition coefficient (Wildman–Crippen LogP) is 0.230. The van der Waals surface area contributed by atoms with E-state index in [9.17, 15) is 0 Å². The summed E-state index contributed by atoms with van der Waals surface area (Å²) in [6.07, 6.45) is 3.44. The first kappa shape index (κ1) is 8.23. The van der Waals surface area contributed by atoms with E-state index in [0.717, 1.165) is 5.82 Å². The van der Waals surface area contributed by atoms with Crippen LogP contribution in [0.1, 0.15) is 12.7 Å². The van der Waals surface area contributed by atoms with Gasteiger partial charge in [0.05, 0.1) is 0 Å². The zero-order valence-electron chi connectivity index (χ0n) is 6.79. The molecule has 0 radical (unpaired) electrons. The molecule has 0 fully saturated rings. The van der Waals surface area contributed by atoms with E-state index in [1.54, 1.807) is 19.5 Å². The summed E-state index contributed by atoms with van der Waals surface area (Å²) >= 11 is 0. The molecule has 0 aliphatic carbocycles. The van der Waals surface area contributed by atoms with E-state index in [0.29, 0.717) is 6.54 Å². The highest BCUT2D eigenvalue weighted by atomic mass is 16.5. The molecule has 0 saturated carbocycles. The minimum absolute atomic E-state index is 0.414. The van der Waals surface area contributed by atoms with E-state index in [2.05, 4.69) is 9.97 Å². The number of hydrogen-bond donors (Lipinski definition) is 2. The van der Waals surface area contributed by atoms with Crippen molar-refractivity contribution in [2.24, 2.45) is 5.73 Å². The van der Waals surface area contributed by atoms with Crippen molar-refractivity contribution in [1.82, 2.24) is 9.97 Å². The second-order valence-corrected chi connectivity index (χ2v) is 2.58. The largest absolute Gasteiger partial charge is 0.369 e. The van der Waals surface area contributed by atoms with Gasteiger partial charge in [0.2, 0.25) is 0 Å². The first-order valence-electron chi connectivity index (χ1n) is 3.48. The Morgan fingerprint density at radius 3 is 2.91 bits per heavy atom. The lowest BCUT2D eigenvalue weighted by Crippen LogP contribution is -2.34. The summed E-state index contributed by atoms with van der Waals surface area (Å²) in [7, 11) is 1.62. The molecule has 1 atom stereocenters. The van der Waals surface area contributed by atoms with Crippen molar-refractivity contribution >= 4 is 0 Å². The molecular formula is C7H13N3O. The van der Waals surface area contributed by atoms with Crippen molar-refractivity contribution in [2.75, 3.05) is 13.7 Å². The van der Waals surface area contributed by atoms with E-state index in [-0.39, 0.29) is 0 Å². The fourth-order valence-electron chi connectivity index (χ4n) is 0.831. The Hall–Kier alpha value is -0.870. The van der Waals surface area contributed by atoms with Crippen LogP contribution in [-0.2, 0) is 10.3 Å². The molecule has 1 heterocycles. The highest BCUT2D eigenvalue weighted by Gasteiger charge is 2.26. The molecule has 1 rings (SSSR count). The Bertz CT molecular complexity index is 203. The molecule has 4 heteroatoms. The van der Waals surface area contributed by atoms with Gasteiger partial charge in [-0.25, -0.2) is 4.98 Å². The smallest absolute Gasteiger partial charge is 0.139 e. The third kappa shape index (κ3) is 1.41. The average molecular weight is 155 g/mol. The normalized spacial score (nSPS) is 16.3. The number of nitrogens with zero attached hydrogens (tertiary/aromatic N) is 1. The second-order valence-electron chi connectivity index (χ2n) is 2.58. The Balaban J connectivity index is 2.87. The van der Waals surface area contributed by atoms with E-state index in [4.69, 9.17) is 10.5 Å². The average Bonchev–Trinajstić information content (AvgIpc) is 2.55. The van der Waals surface area contributed by atoms with Crippen molar-refractivity contribution in [2.45, 2.75) is 12.5 Å². The molecule has 3 N–H and O–H groups in total. The van der Waals surface area contributed by atoms with Crippen molar-refractivity contribution in [3.05, 3.63) is 18.2 Å². The molecule has 0 aliphatic heterocycles. The van der Waals surface area contributed by atoms with Crippen molar-refractivity contribution in [3.8, 4) is 0 Å². The molecule has 4 nitrogen and oxygen atoms in total. The zero-order valence-corrected chi connectivity index (χ0v) is 6.79. The molecule has 1 aromatic rings. The van der Waals surface area contributed by atoms with Crippen LogP contribution in [0.5, 0.6) is 0 Å². The summed E-state index contributed by atoms with van der Waals surface area (Å²) in [5.41, 5.74) is 5.04. The molecule has 62 valence electrons. The van der Waals surface area contributed by atoms with Gasteiger partial charge < -0.3 is 15.5 Å². The summed E-state index contributed by atoms with van der Waals surface area (Å²) in [5, 5.41) is 0. The van der Waals surface area contributed by atoms with Crippen LogP contribution in [0.2, 0.25) is 0 Å². The van der Waals surface area contributed by atoms with Crippen LogP contribution in [0.15, 0.2) is 12.4 Å². The quantitative estimate of drug-likeness (QED) is 0.656. The number of aromatic nitrogens is 2. The second kappa shape index (κ2) is 3.02. The maximum Gasteiger partial charge on any atom is 0.139 e. The standard InChI is InChI=1S/C7H13N3O/c1-7(5-8,11-2)6-9-3-4-10-6/h3-4H,5,8H2,1-2H3,(H,9,10). The Morgan fingerprint density at radius 1 is 1.82 bits per heavy atom. The first-order valence-corrected chi connectivity index (χ1v) is 3.48. The molecule has 0 saturated heterocycles. The molecule has 0 spiro atoms. The SMILES string of the molecule is COC(C)(CN)c1ncc[nH]1. The van der Waals surface area contributed by atoms with Gasteiger partial charge in [0.25, 0.3) is 0 Å². The number of ether oxygens (including phenoxy) is 1. The molecule has 1 aromatic heterocycles. The van der Waals surface area contributed by atoms with Crippen molar-refractivity contribution < 1.29 is 4.74 Å². The topological polar surface area (TPSA) is 63.9 Å². The molecular weight excluding hydrogens is 142 g/mol. The van der Waals surface area contributed by atoms with Gasteiger partial charge in [0.15, 0.2) is 0 Å². The number of H-pyrrole nitrogens is 1. The van der Waals surface area contributed by atoms with Gasteiger partial charge in [-0.2, -0.15) is 0 Å². The summed E-state index contributed by atoms with van der Waals surface area (Å²) in [5.74, 6) is 0.766. The van der Waals surface area contributed by atoms with E-state index < -0.39 is 5.60 Å². The first-order chi connectivity index (χ1) is 5.23. The number of nitrogens with two attached hydrogens (primary N) is 1. The number of aromatic amines is 1. The van der Waals surface area contributed by atoms with Crippen LogP contribution in [0, 0.1) is 0 Å². The number of hydrogen-bond acceptors (Lipinski definition) is 3. The van der Waals surface area contributed by atoms with Crippen molar-refractivity contribution in [3.63, 3.8) is 0 Å². The number of imidazole rings is 1. The molecule has 0 aromatic carbocycles.